The van der Waals surface area contributed by atoms with E-state index in [2.05, 4.69) is 469 Å². The standard InChI is InChI=1S/C45H46NSi.C41H40NSi.C40H38NSi/c1-33-43(35-18-14-15-19-35)31-37(34-16-12-13-17-34)32-44(33)45-42-27-26-41(30-36(42)28-29-46(45)2)47(38-20-6-3-7-21-38,39-22-8-4-9-23-39)40-24-10-5-11-25-40;1-30-27-34(32-15-13-14-16-32)29-40(31(30)2)41-39-24-23-38(28-33(39)25-26-42(41)3)43(35-17-7-4-8-18-35,36-19-9-5-10-20-36)37-21-11-6-12-22-37;1-30-22-23-32(31-14-12-13-15-31)29-39(30)40-38-25-24-37(28-33(38)26-27-41(40)2)42(34-16-6-3-7-17-34,35-18-8-4-9-19-35)36-20-10-5-11-21-36/h3-11,20-32,34-35H,12-19H2,1-2H3;4-12,17-29,32H,13-16H2,1-3H3;3-11,16-29,31H,12-15H2,1-2H3/q3*+1. The van der Waals surface area contributed by atoms with Crippen LogP contribution in [0.4, 0.5) is 0 Å². The maximum Gasteiger partial charge on any atom is 0.220 e. The molecule has 0 spiro atoms. The highest BCUT2D eigenvalue weighted by Gasteiger charge is 2.46. The summed E-state index contributed by atoms with van der Waals surface area (Å²) < 4.78 is 7.04. The van der Waals surface area contributed by atoms with Crippen molar-refractivity contribution in [3.05, 3.63) is 451 Å². The lowest BCUT2D eigenvalue weighted by atomic mass is 9.84. The second kappa shape index (κ2) is 38.5. The molecule has 0 radical (unpaired) electrons. The van der Waals surface area contributed by atoms with Gasteiger partial charge >= 0.3 is 0 Å². The maximum atomic E-state index is 2.63. The highest BCUT2D eigenvalue weighted by atomic mass is 28.3. The summed E-state index contributed by atoms with van der Waals surface area (Å²) in [7, 11) is -1.10. The molecular formula is C126H124N3Si3+3. The maximum absolute atomic E-state index is 2.63. The van der Waals surface area contributed by atoms with Crippen LogP contribution in [-0.4, -0.2) is 24.2 Å². The van der Waals surface area contributed by atoms with Crippen LogP contribution in [0.5, 0.6) is 0 Å². The summed E-state index contributed by atoms with van der Waals surface area (Å²) in [5.41, 5.74) is 20.0. The smallest absolute Gasteiger partial charge is 0.200 e. The van der Waals surface area contributed by atoms with Crippen LogP contribution in [0.3, 0.4) is 0 Å². The Morgan fingerprint density at radius 2 is 0.455 bits per heavy atom. The minimum absolute atomic E-state index is 0.694. The number of fused-ring (bicyclic) bond motifs is 3. The molecule has 0 saturated heterocycles. The molecule has 4 aliphatic carbocycles. The number of hydrogen-bond acceptors (Lipinski definition) is 0. The van der Waals surface area contributed by atoms with Crippen LogP contribution in [0, 0.1) is 27.7 Å². The van der Waals surface area contributed by atoms with Crippen molar-refractivity contribution in [2.75, 3.05) is 0 Å². The van der Waals surface area contributed by atoms with E-state index in [4.69, 9.17) is 0 Å². The first kappa shape index (κ1) is 87.2. The highest BCUT2D eigenvalue weighted by molar-refractivity contribution is 7.21. The quantitative estimate of drug-likeness (QED) is 0.0434. The largest absolute Gasteiger partial charge is 0.220 e. The van der Waals surface area contributed by atoms with Gasteiger partial charge in [0.25, 0.3) is 0 Å². The monoisotopic (exact) mass is 1760 g/mol. The van der Waals surface area contributed by atoms with Crippen molar-refractivity contribution in [1.82, 2.24) is 0 Å². The molecule has 3 nitrogen and oxygen atoms in total. The molecule has 4 aliphatic rings. The van der Waals surface area contributed by atoms with E-state index in [-0.39, 0.29) is 0 Å². The van der Waals surface area contributed by atoms with Gasteiger partial charge in [-0.1, -0.05) is 385 Å². The van der Waals surface area contributed by atoms with Crippen molar-refractivity contribution in [2.45, 2.75) is 154 Å². The summed E-state index contributed by atoms with van der Waals surface area (Å²) in [6.45, 7) is 9.26. The molecule has 18 aromatic rings. The third-order valence-electron chi connectivity index (χ3n) is 31.0. The van der Waals surface area contributed by atoms with Crippen molar-refractivity contribution in [1.29, 1.82) is 0 Å². The zero-order valence-corrected chi connectivity index (χ0v) is 81.1. The van der Waals surface area contributed by atoms with Gasteiger partial charge in [-0.3, -0.25) is 0 Å². The van der Waals surface area contributed by atoms with E-state index >= 15 is 0 Å². The fraction of sp³-hybridized carbons (Fsp3) is 0.214. The molecule has 22 rings (SSSR count). The third kappa shape index (κ3) is 16.4. The molecule has 4 saturated carbocycles. The number of pyridine rings is 3. The lowest BCUT2D eigenvalue weighted by molar-refractivity contribution is -0.659. The molecule has 3 heterocycles. The third-order valence-corrected chi connectivity index (χ3v) is 45.4. The molecule has 0 bridgehead atoms. The van der Waals surface area contributed by atoms with Gasteiger partial charge in [-0.15, -0.1) is 0 Å². The van der Waals surface area contributed by atoms with E-state index < -0.39 is 24.2 Å². The van der Waals surface area contributed by atoms with Crippen LogP contribution in [0.15, 0.2) is 407 Å². The summed E-state index contributed by atoms with van der Waals surface area (Å²) in [4.78, 5) is 0. The van der Waals surface area contributed by atoms with Crippen LogP contribution >= 0.6 is 0 Å². The van der Waals surface area contributed by atoms with Crippen molar-refractivity contribution in [3.8, 4) is 33.8 Å². The van der Waals surface area contributed by atoms with Crippen molar-refractivity contribution in [2.24, 2.45) is 21.1 Å². The molecule has 0 aliphatic heterocycles. The number of benzene rings is 15. The van der Waals surface area contributed by atoms with Crippen molar-refractivity contribution < 1.29 is 13.7 Å². The Morgan fingerprint density at radius 3 is 0.750 bits per heavy atom. The summed E-state index contributed by atoms with van der Waals surface area (Å²) in [5, 5.41) is 24.8. The van der Waals surface area contributed by atoms with Gasteiger partial charge in [0.2, 0.25) is 17.1 Å². The minimum Gasteiger partial charge on any atom is -0.200 e. The molecule has 652 valence electrons. The highest BCUT2D eigenvalue weighted by Crippen LogP contribution is 2.45. The fourth-order valence-electron chi connectivity index (χ4n) is 24.2. The molecule has 15 aromatic carbocycles. The lowest BCUT2D eigenvalue weighted by Gasteiger charge is -2.34. The first-order valence-corrected chi connectivity index (χ1v) is 55.0. The SMILES string of the molecule is Cc1c(-c2c3ccc([Si](c4ccccc4)(c4ccccc4)c4ccccc4)cc3cc[n+]2C)cc(C2CCCC2)cc1C1CCCC1.Cc1cc(C2CCCC2)cc(-c2c3ccc([Si](c4ccccc4)(c4ccccc4)c4ccccc4)cc3cc[n+]2C)c1C.Cc1ccc(C2CCCC2)cc1-c1c2ccc([Si](c3ccccc3)(c3ccccc3)c3ccccc3)cc2cc[n+]1C. The first-order chi connectivity index (χ1) is 64.9. The van der Waals surface area contributed by atoms with Gasteiger partial charge in [-0.05, 0) is 262 Å². The molecule has 0 unspecified atom stereocenters. The predicted octanol–water partition coefficient (Wildman–Crippen LogP) is 22.0. The van der Waals surface area contributed by atoms with E-state index in [9.17, 15) is 0 Å². The Morgan fingerprint density at radius 1 is 0.205 bits per heavy atom. The zero-order valence-electron chi connectivity index (χ0n) is 78.1. The van der Waals surface area contributed by atoms with Crippen LogP contribution in [-0.2, 0) is 21.1 Å². The molecule has 0 N–H and O–H groups in total. The molecule has 132 heavy (non-hydrogen) atoms. The molecule has 6 heteroatoms. The second-order valence-corrected chi connectivity index (χ2v) is 50.0. The van der Waals surface area contributed by atoms with Gasteiger partial charge in [-0.2, -0.15) is 0 Å². The number of rotatable bonds is 19. The van der Waals surface area contributed by atoms with E-state index in [0.717, 1.165) is 0 Å². The molecule has 0 atom stereocenters. The zero-order chi connectivity index (χ0) is 89.7. The Hall–Kier alpha value is -12.8. The van der Waals surface area contributed by atoms with Gasteiger partial charge in [0.15, 0.2) is 42.8 Å². The minimum atomic E-state index is -2.60. The number of aromatic nitrogens is 3. The topological polar surface area (TPSA) is 11.6 Å². The Balaban J connectivity index is 0.000000124. The Kier molecular flexibility index (Phi) is 25.5. The molecule has 0 amide bonds. The summed E-state index contributed by atoms with van der Waals surface area (Å²) in [6, 6.07) is 148. The average Bonchev–Trinajstić information content (AvgIpc) is 0.799. The normalized spacial score (nSPS) is 14.6. The number of aryl methyl sites for hydroxylation is 5. The number of hydrogen-bond donors (Lipinski definition) is 0. The lowest BCUT2D eigenvalue weighted by Crippen LogP contribution is -2.74. The molecule has 4 fully saturated rings. The number of nitrogens with zero attached hydrogens (tertiary/aromatic N) is 3. The average molecular weight is 1760 g/mol. The van der Waals surface area contributed by atoms with E-state index in [1.807, 2.05) is 0 Å². The van der Waals surface area contributed by atoms with Crippen molar-refractivity contribution >= 4 is 119 Å². The van der Waals surface area contributed by atoms with Gasteiger partial charge < -0.3 is 0 Å². The van der Waals surface area contributed by atoms with Gasteiger partial charge in [0, 0.05) is 23.8 Å². The molecule has 3 aromatic heterocycles. The Labute approximate surface area is 787 Å². The van der Waals surface area contributed by atoms with E-state index in [1.54, 1.807) is 11.1 Å². The van der Waals surface area contributed by atoms with Crippen molar-refractivity contribution in [3.63, 3.8) is 0 Å². The van der Waals surface area contributed by atoms with Crippen LogP contribution in [0.2, 0.25) is 0 Å². The van der Waals surface area contributed by atoms with Crippen LogP contribution < -0.4 is 75.9 Å². The van der Waals surface area contributed by atoms with Crippen LogP contribution in [0.25, 0.3) is 66.1 Å². The van der Waals surface area contributed by atoms with Crippen LogP contribution in [0.1, 0.15) is 171 Å². The first-order valence-electron chi connectivity index (χ1n) is 49.0. The summed E-state index contributed by atoms with van der Waals surface area (Å²) in [6.07, 6.45) is 28.3. The van der Waals surface area contributed by atoms with Gasteiger partial charge in [0.05, 0.1) is 27.3 Å². The van der Waals surface area contributed by atoms with Gasteiger partial charge in [0.1, 0.15) is 21.1 Å². The fourth-order valence-corrected chi connectivity index (χ4v) is 38.6. The summed E-state index contributed by atoms with van der Waals surface area (Å²) >= 11 is 0. The van der Waals surface area contributed by atoms with E-state index in [1.165, 1.54) is 264 Å². The molecular weight excluding hydrogens is 1640 g/mol. The van der Waals surface area contributed by atoms with E-state index in [0.29, 0.717) is 23.7 Å². The van der Waals surface area contributed by atoms with Gasteiger partial charge in [-0.25, -0.2) is 13.7 Å². The second-order valence-electron chi connectivity index (χ2n) is 38.6. The summed E-state index contributed by atoms with van der Waals surface area (Å²) in [5.74, 6) is 2.80. The Bertz CT molecular complexity index is 6800. The predicted molar refractivity (Wildman–Crippen MR) is 566 cm³/mol.